The monoisotopic (exact) mass is 904 g/mol. The second-order valence-corrected chi connectivity index (χ2v) is 25.2. The summed E-state index contributed by atoms with van der Waals surface area (Å²) in [5.74, 6) is 0. The van der Waals surface area contributed by atoms with E-state index in [9.17, 15) is 0 Å². The van der Waals surface area contributed by atoms with Crippen molar-refractivity contribution >= 4 is 86.3 Å². The van der Waals surface area contributed by atoms with E-state index in [1.54, 1.807) is 0 Å². The van der Waals surface area contributed by atoms with Gasteiger partial charge in [-0.05, 0) is 54.6 Å². The van der Waals surface area contributed by atoms with E-state index in [1.165, 1.54) is 47.7 Å². The average Bonchev–Trinajstić information content (AvgIpc) is 3.41. The highest BCUT2D eigenvalue weighted by molar-refractivity contribution is 7.96. The van der Waals surface area contributed by atoms with Crippen LogP contribution in [0.2, 0.25) is 0 Å². The third-order valence-corrected chi connectivity index (χ3v) is 23.1. The fourth-order valence-corrected chi connectivity index (χ4v) is 19.7. The first-order chi connectivity index (χ1) is 32.7. The zero-order valence-corrected chi connectivity index (χ0v) is 39.1. The van der Waals surface area contributed by atoms with Crippen LogP contribution in [0.25, 0.3) is 0 Å². The Morgan fingerprint density at radius 3 is 0.697 bits per heavy atom. The van der Waals surface area contributed by atoms with E-state index in [2.05, 4.69) is 296 Å². The van der Waals surface area contributed by atoms with E-state index >= 15 is 0 Å². The Balaban J connectivity index is 1.35. The molecule has 0 aliphatic rings. The number of hydrogen-bond donors (Lipinski definition) is 1. The van der Waals surface area contributed by atoms with Crippen LogP contribution < -0.4 is 52.8 Å². The molecule has 0 aliphatic heterocycles. The predicted octanol–water partition coefficient (Wildman–Crippen LogP) is 12.6. The van der Waals surface area contributed by atoms with E-state index in [1.807, 2.05) is 0 Å². The quantitative estimate of drug-likeness (QED) is 0.115. The van der Waals surface area contributed by atoms with Gasteiger partial charge in [0.2, 0.25) is 0 Å². The lowest BCUT2D eigenvalue weighted by Crippen LogP contribution is -2.36. The third-order valence-electron chi connectivity index (χ3n) is 11.9. The molecule has 1 N–H and O–H groups in total. The summed E-state index contributed by atoms with van der Waals surface area (Å²) >= 11 is 0. The SMILES string of the molecule is c1ccc(P(=Nc2cc(N=P(c3ccccc3)(c3ccccc3)c3ccccc3)cc(N[P+](c3ccccc3)(c3ccccc3)c3ccccc3)c2)(c2ccccc2)c2ccccc2)cc1. The summed E-state index contributed by atoms with van der Waals surface area (Å²) in [5, 5.41) is 15.1. The van der Waals surface area contributed by atoms with Crippen molar-refractivity contribution in [1.82, 2.24) is 0 Å². The molecule has 66 heavy (non-hydrogen) atoms. The molecule has 0 fully saturated rings. The number of hydrogen-bond acceptors (Lipinski definition) is 3. The summed E-state index contributed by atoms with van der Waals surface area (Å²) in [6, 6.07) is 105. The van der Waals surface area contributed by atoms with Crippen molar-refractivity contribution < 1.29 is 0 Å². The molecule has 10 rings (SSSR count). The highest BCUT2D eigenvalue weighted by Gasteiger charge is 2.46. The number of benzene rings is 10. The highest BCUT2D eigenvalue weighted by Crippen LogP contribution is 2.57. The average molecular weight is 905 g/mol. The van der Waals surface area contributed by atoms with Gasteiger partial charge in [-0.3, -0.25) is 9.49 Å². The zero-order valence-electron chi connectivity index (χ0n) is 36.4. The Labute approximate surface area is 390 Å². The second-order valence-electron chi connectivity index (χ2n) is 16.0. The minimum atomic E-state index is -2.69. The van der Waals surface area contributed by atoms with E-state index < -0.39 is 21.5 Å². The molecule has 0 aliphatic carbocycles. The molecule has 0 saturated heterocycles. The van der Waals surface area contributed by atoms with Gasteiger partial charge in [-0.2, -0.15) is 0 Å². The summed E-state index contributed by atoms with van der Waals surface area (Å²) in [6.07, 6.45) is 0. The van der Waals surface area contributed by atoms with E-state index in [0.717, 1.165) is 17.1 Å². The summed E-state index contributed by atoms with van der Waals surface area (Å²) < 4.78 is 12.3. The molecule has 10 aromatic carbocycles. The van der Waals surface area contributed by atoms with Crippen molar-refractivity contribution in [3.05, 3.63) is 291 Å². The van der Waals surface area contributed by atoms with Crippen LogP contribution in [0.3, 0.4) is 0 Å². The molecular weight excluding hydrogens is 856 g/mol. The lowest BCUT2D eigenvalue weighted by Gasteiger charge is -2.30. The minimum absolute atomic E-state index is 0.850. The molecule has 318 valence electrons. The summed E-state index contributed by atoms with van der Waals surface area (Å²) in [6.45, 7) is 0. The van der Waals surface area contributed by atoms with Gasteiger partial charge in [0.25, 0.3) is 0 Å². The first-order valence-electron chi connectivity index (χ1n) is 22.3. The van der Waals surface area contributed by atoms with Crippen molar-refractivity contribution in [2.24, 2.45) is 9.49 Å². The summed E-state index contributed by atoms with van der Waals surface area (Å²) in [4.78, 5) is 0. The van der Waals surface area contributed by atoms with Gasteiger partial charge >= 0.3 is 0 Å². The molecule has 0 bridgehead atoms. The molecule has 0 amide bonds. The first-order valence-corrected chi connectivity index (χ1v) is 27.5. The fraction of sp³-hybridized carbons (Fsp3) is 0. The molecule has 6 heteroatoms. The Bertz CT molecular complexity index is 2790. The maximum absolute atomic E-state index is 6.15. The topological polar surface area (TPSA) is 36.8 Å². The van der Waals surface area contributed by atoms with Crippen LogP contribution in [-0.2, 0) is 0 Å². The molecule has 0 unspecified atom stereocenters. The number of nitrogens with zero attached hydrogens (tertiary/aromatic N) is 2. The Kier molecular flexibility index (Phi) is 12.7. The molecule has 3 nitrogen and oxygen atoms in total. The second kappa shape index (κ2) is 19.6. The molecule has 0 heterocycles. The molecule has 10 aromatic rings. The van der Waals surface area contributed by atoms with Crippen LogP contribution in [0.15, 0.2) is 301 Å². The summed E-state index contributed by atoms with van der Waals surface area (Å²) in [7, 11) is -7.96. The van der Waals surface area contributed by atoms with Crippen molar-refractivity contribution in [3.8, 4) is 0 Å². The molecule has 0 atom stereocenters. The van der Waals surface area contributed by atoms with Gasteiger partial charge < -0.3 is 0 Å². The Morgan fingerprint density at radius 1 is 0.258 bits per heavy atom. The molecule has 0 spiro atoms. The van der Waals surface area contributed by atoms with Gasteiger partial charge in [0, 0.05) is 31.8 Å². The Hall–Kier alpha value is -7.11. The lowest BCUT2D eigenvalue weighted by molar-refractivity contribution is 1.49. The van der Waals surface area contributed by atoms with Crippen LogP contribution in [0.4, 0.5) is 17.1 Å². The number of nitrogens with one attached hydrogen (secondary N) is 1. The third kappa shape index (κ3) is 8.35. The first kappa shape index (κ1) is 42.8. The van der Waals surface area contributed by atoms with Gasteiger partial charge in [0.05, 0.1) is 31.2 Å². The summed E-state index contributed by atoms with van der Waals surface area (Å²) in [5.41, 5.74) is 2.64. The normalized spacial score (nSPS) is 11.6. The van der Waals surface area contributed by atoms with Crippen molar-refractivity contribution in [3.63, 3.8) is 0 Å². The van der Waals surface area contributed by atoms with Crippen LogP contribution in [0, 0.1) is 0 Å². The van der Waals surface area contributed by atoms with Crippen LogP contribution >= 0.6 is 21.5 Å². The highest BCUT2D eigenvalue weighted by atomic mass is 31.2. The van der Waals surface area contributed by atoms with Crippen LogP contribution in [-0.4, -0.2) is 0 Å². The van der Waals surface area contributed by atoms with Crippen molar-refractivity contribution in [2.45, 2.75) is 0 Å². The van der Waals surface area contributed by atoms with Crippen molar-refractivity contribution in [2.75, 3.05) is 5.09 Å². The lowest BCUT2D eigenvalue weighted by atomic mass is 10.2. The number of rotatable bonds is 13. The largest absolute Gasteiger partial charge is 0.254 e. The van der Waals surface area contributed by atoms with E-state index in [0.29, 0.717) is 0 Å². The van der Waals surface area contributed by atoms with Crippen molar-refractivity contribution in [1.29, 1.82) is 0 Å². The molecular formula is C60H49N3P3+. The van der Waals surface area contributed by atoms with E-state index in [-0.39, 0.29) is 0 Å². The van der Waals surface area contributed by atoms with Gasteiger partial charge in [-0.15, -0.1) is 0 Å². The maximum Gasteiger partial charge on any atom is 0.199 e. The molecule has 0 saturated carbocycles. The van der Waals surface area contributed by atoms with Crippen LogP contribution in [0.5, 0.6) is 0 Å². The molecule has 0 radical (unpaired) electrons. The van der Waals surface area contributed by atoms with E-state index in [4.69, 9.17) is 9.49 Å². The van der Waals surface area contributed by atoms with Gasteiger partial charge in [-0.25, -0.2) is 5.09 Å². The smallest absolute Gasteiger partial charge is 0.199 e. The Morgan fingerprint density at radius 2 is 0.470 bits per heavy atom. The van der Waals surface area contributed by atoms with Gasteiger partial charge in [-0.1, -0.05) is 237 Å². The van der Waals surface area contributed by atoms with Crippen LogP contribution in [0.1, 0.15) is 0 Å². The minimum Gasteiger partial charge on any atom is -0.254 e. The van der Waals surface area contributed by atoms with Gasteiger partial charge in [0.15, 0.2) is 7.41 Å². The fourth-order valence-electron chi connectivity index (χ4n) is 9.01. The molecule has 0 aromatic heterocycles. The number of anilines is 1. The zero-order chi connectivity index (χ0) is 44.5. The maximum atomic E-state index is 6.15. The van der Waals surface area contributed by atoms with Gasteiger partial charge in [0.1, 0.15) is 15.9 Å². The standard InChI is InChI=1S/C60H49N3P3/c1-10-28-52(29-11-1)64(53-30-12-2-13-31-53,54-32-14-3-15-33-54)61-49-46-50(62-65(55-34-16-4-17-35-55,56-36-18-5-19-37-56)57-38-20-6-21-39-57)48-51(47-49)63-66(58-40-22-7-23-41-58,59-42-24-8-25-43-59)60-44-26-9-27-45-60/h1-48,61H/q+1. The predicted molar refractivity (Wildman–Crippen MR) is 290 cm³/mol.